The summed E-state index contributed by atoms with van der Waals surface area (Å²) < 4.78 is 0. The number of piperidine rings is 1. The molecule has 3 atom stereocenters. The molecule has 0 bridgehead atoms. The minimum Gasteiger partial charge on any atom is -0.307 e. The first-order valence-corrected chi connectivity index (χ1v) is 7.28. The Bertz CT molecular complexity index is 415. The van der Waals surface area contributed by atoms with Gasteiger partial charge in [-0.2, -0.15) is 0 Å². The Hall–Kier alpha value is -0.860. The van der Waals surface area contributed by atoms with Crippen LogP contribution in [0.2, 0.25) is 0 Å². The molecule has 2 aliphatic rings. The van der Waals surface area contributed by atoms with Crippen molar-refractivity contribution in [3.63, 3.8) is 0 Å². The van der Waals surface area contributed by atoms with Crippen LogP contribution in [0.25, 0.3) is 0 Å². The number of rotatable bonds is 2. The molecule has 1 aliphatic carbocycles. The molecule has 3 unspecified atom stereocenters. The second-order valence-corrected chi connectivity index (χ2v) is 6.01. The first-order valence-electron chi connectivity index (χ1n) is 7.28. The van der Waals surface area contributed by atoms with E-state index in [1.54, 1.807) is 11.1 Å². The summed E-state index contributed by atoms with van der Waals surface area (Å²) in [6.07, 6.45) is 5.10. The third-order valence-corrected chi connectivity index (χ3v) is 4.78. The van der Waals surface area contributed by atoms with Crippen LogP contribution in [0.5, 0.6) is 0 Å². The van der Waals surface area contributed by atoms with E-state index in [0.717, 1.165) is 0 Å². The van der Waals surface area contributed by atoms with Gasteiger partial charge in [-0.3, -0.25) is 0 Å². The Labute approximate surface area is 110 Å². The SMILES string of the molecule is CC1CC(NC2CCc3ccccc32)CCN1C. The fourth-order valence-corrected chi connectivity index (χ4v) is 3.46. The van der Waals surface area contributed by atoms with Gasteiger partial charge >= 0.3 is 0 Å². The van der Waals surface area contributed by atoms with Crippen LogP contribution in [0.3, 0.4) is 0 Å². The van der Waals surface area contributed by atoms with E-state index in [0.29, 0.717) is 18.1 Å². The van der Waals surface area contributed by atoms with Crippen molar-refractivity contribution >= 4 is 0 Å². The van der Waals surface area contributed by atoms with Crippen molar-refractivity contribution in [2.45, 2.75) is 50.7 Å². The van der Waals surface area contributed by atoms with Gasteiger partial charge in [-0.15, -0.1) is 0 Å². The van der Waals surface area contributed by atoms with Crippen molar-refractivity contribution in [3.05, 3.63) is 35.4 Å². The van der Waals surface area contributed by atoms with Gasteiger partial charge in [-0.25, -0.2) is 0 Å². The molecule has 0 spiro atoms. The Morgan fingerprint density at radius 3 is 2.89 bits per heavy atom. The van der Waals surface area contributed by atoms with Gasteiger partial charge < -0.3 is 10.2 Å². The van der Waals surface area contributed by atoms with E-state index < -0.39 is 0 Å². The Morgan fingerprint density at radius 1 is 1.22 bits per heavy atom. The van der Waals surface area contributed by atoms with Gasteiger partial charge in [0.2, 0.25) is 0 Å². The molecular formula is C16H24N2. The molecule has 18 heavy (non-hydrogen) atoms. The van der Waals surface area contributed by atoms with Crippen molar-refractivity contribution < 1.29 is 0 Å². The van der Waals surface area contributed by atoms with Crippen LogP contribution in [0.4, 0.5) is 0 Å². The maximum atomic E-state index is 3.90. The normalized spacial score (nSPS) is 32.4. The maximum Gasteiger partial charge on any atom is 0.0328 e. The summed E-state index contributed by atoms with van der Waals surface area (Å²) in [5, 5.41) is 3.90. The van der Waals surface area contributed by atoms with Crippen LogP contribution >= 0.6 is 0 Å². The zero-order valence-electron chi connectivity index (χ0n) is 11.5. The van der Waals surface area contributed by atoms with Crippen LogP contribution in [0.15, 0.2) is 24.3 Å². The number of hydrogen-bond donors (Lipinski definition) is 1. The molecule has 1 N–H and O–H groups in total. The highest BCUT2D eigenvalue weighted by Crippen LogP contribution is 2.32. The zero-order valence-corrected chi connectivity index (χ0v) is 11.5. The first-order chi connectivity index (χ1) is 8.74. The quantitative estimate of drug-likeness (QED) is 0.860. The highest BCUT2D eigenvalue weighted by atomic mass is 15.1. The van der Waals surface area contributed by atoms with Crippen molar-refractivity contribution in [2.24, 2.45) is 0 Å². The molecule has 0 amide bonds. The third kappa shape index (κ3) is 2.32. The van der Waals surface area contributed by atoms with Gasteiger partial charge in [0.05, 0.1) is 0 Å². The average Bonchev–Trinajstić information content (AvgIpc) is 2.78. The molecule has 1 heterocycles. The molecule has 1 fully saturated rings. The van der Waals surface area contributed by atoms with Gasteiger partial charge in [-0.1, -0.05) is 24.3 Å². The highest BCUT2D eigenvalue weighted by Gasteiger charge is 2.28. The zero-order chi connectivity index (χ0) is 12.5. The lowest BCUT2D eigenvalue weighted by Gasteiger charge is -2.36. The van der Waals surface area contributed by atoms with E-state index in [9.17, 15) is 0 Å². The predicted molar refractivity (Wildman–Crippen MR) is 75.8 cm³/mol. The molecule has 1 aromatic carbocycles. The van der Waals surface area contributed by atoms with Crippen LogP contribution in [0, 0.1) is 0 Å². The smallest absolute Gasteiger partial charge is 0.0328 e. The number of nitrogens with zero attached hydrogens (tertiary/aromatic N) is 1. The van der Waals surface area contributed by atoms with Crippen molar-refractivity contribution in [2.75, 3.05) is 13.6 Å². The third-order valence-electron chi connectivity index (χ3n) is 4.78. The lowest BCUT2D eigenvalue weighted by Crippen LogP contribution is -2.46. The minimum atomic E-state index is 0.599. The summed E-state index contributed by atoms with van der Waals surface area (Å²) in [4.78, 5) is 2.47. The van der Waals surface area contributed by atoms with Gasteiger partial charge in [0.1, 0.15) is 0 Å². The van der Waals surface area contributed by atoms with Gasteiger partial charge in [-0.05, 0) is 57.3 Å². The van der Waals surface area contributed by atoms with Gasteiger partial charge in [0.15, 0.2) is 0 Å². The Balaban J connectivity index is 1.65. The highest BCUT2D eigenvalue weighted by molar-refractivity contribution is 5.34. The topological polar surface area (TPSA) is 15.3 Å². The number of hydrogen-bond acceptors (Lipinski definition) is 2. The molecule has 2 heteroatoms. The van der Waals surface area contributed by atoms with Crippen LogP contribution < -0.4 is 5.32 Å². The second kappa shape index (κ2) is 5.02. The molecule has 1 aromatic rings. The minimum absolute atomic E-state index is 0.599. The Morgan fingerprint density at radius 2 is 2.06 bits per heavy atom. The van der Waals surface area contributed by atoms with Crippen molar-refractivity contribution in [1.82, 2.24) is 10.2 Å². The summed E-state index contributed by atoms with van der Waals surface area (Å²) in [6.45, 7) is 3.57. The van der Waals surface area contributed by atoms with Crippen LogP contribution in [-0.2, 0) is 6.42 Å². The largest absolute Gasteiger partial charge is 0.307 e. The lowest BCUT2D eigenvalue weighted by molar-refractivity contribution is 0.162. The van der Waals surface area contributed by atoms with E-state index in [1.165, 1.54) is 32.2 Å². The summed E-state index contributed by atoms with van der Waals surface area (Å²) in [5.41, 5.74) is 3.10. The molecule has 0 aromatic heterocycles. The molecule has 98 valence electrons. The number of benzene rings is 1. The van der Waals surface area contributed by atoms with E-state index in [1.807, 2.05) is 0 Å². The van der Waals surface area contributed by atoms with Crippen molar-refractivity contribution in [3.8, 4) is 0 Å². The first kappa shape index (κ1) is 12.2. The number of fused-ring (bicyclic) bond motifs is 1. The summed E-state index contributed by atoms with van der Waals surface area (Å²) in [7, 11) is 2.24. The molecule has 1 saturated heterocycles. The molecule has 0 radical (unpaired) electrons. The average molecular weight is 244 g/mol. The van der Waals surface area contributed by atoms with Gasteiger partial charge in [0.25, 0.3) is 0 Å². The van der Waals surface area contributed by atoms with E-state index in [4.69, 9.17) is 0 Å². The number of nitrogens with one attached hydrogen (secondary N) is 1. The molecule has 2 nitrogen and oxygen atoms in total. The molecule has 0 saturated carbocycles. The van der Waals surface area contributed by atoms with E-state index in [2.05, 4.69) is 48.5 Å². The predicted octanol–water partition coefficient (Wildman–Crippen LogP) is 2.75. The lowest BCUT2D eigenvalue weighted by atomic mass is 9.97. The number of aryl methyl sites for hydroxylation is 1. The summed E-state index contributed by atoms with van der Waals surface area (Å²) >= 11 is 0. The monoisotopic (exact) mass is 244 g/mol. The van der Waals surface area contributed by atoms with Crippen LogP contribution in [-0.4, -0.2) is 30.6 Å². The summed E-state index contributed by atoms with van der Waals surface area (Å²) in [5.74, 6) is 0. The second-order valence-electron chi connectivity index (χ2n) is 6.01. The maximum absolute atomic E-state index is 3.90. The fourth-order valence-electron chi connectivity index (χ4n) is 3.46. The van der Waals surface area contributed by atoms with E-state index >= 15 is 0 Å². The fraction of sp³-hybridized carbons (Fsp3) is 0.625. The van der Waals surface area contributed by atoms with E-state index in [-0.39, 0.29) is 0 Å². The van der Waals surface area contributed by atoms with Crippen molar-refractivity contribution in [1.29, 1.82) is 0 Å². The molecule has 1 aliphatic heterocycles. The molecule has 3 rings (SSSR count). The van der Waals surface area contributed by atoms with Gasteiger partial charge in [0, 0.05) is 18.1 Å². The Kier molecular flexibility index (Phi) is 3.40. The molecular weight excluding hydrogens is 220 g/mol. The summed E-state index contributed by atoms with van der Waals surface area (Å²) in [6, 6.07) is 10.9. The number of likely N-dealkylation sites (tertiary alicyclic amines) is 1. The van der Waals surface area contributed by atoms with Crippen LogP contribution in [0.1, 0.15) is 43.4 Å². The standard InChI is InChI=1S/C16H24N2/c1-12-11-14(9-10-18(12)2)17-16-8-7-13-5-3-4-6-15(13)16/h3-6,12,14,16-17H,7-11H2,1-2H3.